The molecule has 2 atom stereocenters. The van der Waals surface area contributed by atoms with E-state index < -0.39 is 30.0 Å². The second kappa shape index (κ2) is 7.34. The Hall–Kier alpha value is -1.96. The van der Waals surface area contributed by atoms with E-state index in [1.54, 1.807) is 12.1 Å². The van der Waals surface area contributed by atoms with Crippen LogP contribution in [0, 0.1) is 5.92 Å². The number of amides is 2. The minimum atomic E-state index is -4.35. The summed E-state index contributed by atoms with van der Waals surface area (Å²) in [4.78, 5) is 25.6. The van der Waals surface area contributed by atoms with Crippen molar-refractivity contribution in [1.82, 2.24) is 5.32 Å². The number of carbonyl (C=O) groups excluding carboxylic acids is 2. The molecule has 0 bridgehead atoms. The van der Waals surface area contributed by atoms with E-state index in [0.717, 1.165) is 0 Å². The van der Waals surface area contributed by atoms with E-state index in [-0.39, 0.29) is 26.0 Å². The summed E-state index contributed by atoms with van der Waals surface area (Å²) in [5.74, 6) is -2.24. The fourth-order valence-corrected chi connectivity index (χ4v) is 3.61. The Labute approximate surface area is 153 Å². The predicted molar refractivity (Wildman–Crippen MR) is 89.2 cm³/mol. The van der Waals surface area contributed by atoms with Gasteiger partial charge in [-0.25, -0.2) is 0 Å². The number of alkyl halides is 3. The van der Waals surface area contributed by atoms with Crippen molar-refractivity contribution in [1.29, 1.82) is 0 Å². The van der Waals surface area contributed by atoms with Gasteiger partial charge in [0.25, 0.3) is 5.91 Å². The molecule has 1 aliphatic carbocycles. The smallest absolute Gasteiger partial charge is 0.393 e. The first-order valence-electron chi connectivity index (χ1n) is 8.34. The molecule has 2 amide bonds. The summed E-state index contributed by atoms with van der Waals surface area (Å²) < 4.78 is 44.8. The first kappa shape index (κ1) is 18.8. The Morgan fingerprint density at radius 1 is 1.31 bits per heavy atom. The highest BCUT2D eigenvalue weighted by atomic mass is 35.5. The number of nitrogens with one attached hydrogen (secondary N) is 1. The lowest BCUT2D eigenvalue weighted by Gasteiger charge is -2.34. The van der Waals surface area contributed by atoms with E-state index in [1.807, 2.05) is 0 Å². The molecule has 1 N–H and O–H groups in total. The number of halogens is 4. The van der Waals surface area contributed by atoms with Crippen LogP contribution in [0.2, 0.25) is 5.02 Å². The standard InChI is InChI=1S/C17H18ClF3N2O3/c18-10-5-6-14-13(7-10)23(16(25)9-26-14)8-15(24)22-12-4-2-1-3-11(12)17(19,20)21/h5-7,11-12H,1-4,8-9H2,(H,22,24). The second-order valence-corrected chi connectivity index (χ2v) is 6.92. The first-order chi connectivity index (χ1) is 12.3. The van der Waals surface area contributed by atoms with Gasteiger partial charge in [-0.2, -0.15) is 13.2 Å². The van der Waals surface area contributed by atoms with E-state index in [2.05, 4.69) is 5.32 Å². The summed E-state index contributed by atoms with van der Waals surface area (Å²) in [5, 5.41) is 2.82. The van der Waals surface area contributed by atoms with Crippen LogP contribution in [0.3, 0.4) is 0 Å². The third-order valence-corrected chi connectivity index (χ3v) is 4.93. The van der Waals surface area contributed by atoms with Crippen molar-refractivity contribution < 1.29 is 27.5 Å². The van der Waals surface area contributed by atoms with E-state index in [4.69, 9.17) is 16.3 Å². The van der Waals surface area contributed by atoms with Crippen molar-refractivity contribution >= 4 is 29.1 Å². The van der Waals surface area contributed by atoms with E-state index in [0.29, 0.717) is 29.3 Å². The summed E-state index contributed by atoms with van der Waals surface area (Å²) >= 11 is 5.93. The van der Waals surface area contributed by atoms with Crippen molar-refractivity contribution in [3.8, 4) is 5.75 Å². The van der Waals surface area contributed by atoms with Gasteiger partial charge in [0.15, 0.2) is 6.61 Å². The van der Waals surface area contributed by atoms with Gasteiger partial charge in [-0.15, -0.1) is 0 Å². The van der Waals surface area contributed by atoms with Crippen LogP contribution in [-0.2, 0) is 9.59 Å². The van der Waals surface area contributed by atoms with Gasteiger partial charge in [-0.3, -0.25) is 14.5 Å². The minimum absolute atomic E-state index is 0.00335. The molecular weight excluding hydrogens is 373 g/mol. The summed E-state index contributed by atoms with van der Waals surface area (Å²) in [6, 6.07) is 3.69. The van der Waals surface area contributed by atoms with Gasteiger partial charge < -0.3 is 10.1 Å². The molecule has 142 valence electrons. The second-order valence-electron chi connectivity index (χ2n) is 6.49. The highest BCUT2D eigenvalue weighted by Crippen LogP contribution is 2.38. The summed E-state index contributed by atoms with van der Waals surface area (Å²) in [5.41, 5.74) is 0.333. The maximum Gasteiger partial charge on any atom is 0.393 e. The molecule has 1 fully saturated rings. The SMILES string of the molecule is O=C(CN1C(=O)COc2ccc(Cl)cc21)NC1CCCCC1C(F)(F)F. The number of rotatable bonds is 3. The molecule has 0 spiro atoms. The lowest BCUT2D eigenvalue weighted by Crippen LogP contribution is -2.52. The first-order valence-corrected chi connectivity index (χ1v) is 8.72. The van der Waals surface area contributed by atoms with Gasteiger partial charge in [-0.05, 0) is 31.0 Å². The molecular formula is C17H18ClF3N2O3. The van der Waals surface area contributed by atoms with E-state index in [9.17, 15) is 22.8 Å². The number of carbonyl (C=O) groups is 2. The summed E-state index contributed by atoms with van der Waals surface area (Å²) in [7, 11) is 0. The van der Waals surface area contributed by atoms with Crippen molar-refractivity contribution in [2.75, 3.05) is 18.1 Å². The van der Waals surface area contributed by atoms with Crippen LogP contribution in [0.4, 0.5) is 18.9 Å². The van der Waals surface area contributed by atoms with Crippen molar-refractivity contribution in [3.05, 3.63) is 23.2 Å². The van der Waals surface area contributed by atoms with E-state index >= 15 is 0 Å². The molecule has 5 nitrogen and oxygen atoms in total. The van der Waals surface area contributed by atoms with Gasteiger partial charge >= 0.3 is 6.18 Å². The van der Waals surface area contributed by atoms with Crippen LogP contribution in [0.15, 0.2) is 18.2 Å². The Kier molecular flexibility index (Phi) is 5.32. The highest BCUT2D eigenvalue weighted by Gasteiger charge is 2.46. The lowest BCUT2D eigenvalue weighted by molar-refractivity contribution is -0.189. The predicted octanol–water partition coefficient (Wildman–Crippen LogP) is 3.30. The summed E-state index contributed by atoms with van der Waals surface area (Å²) in [6.07, 6.45) is -2.96. The van der Waals surface area contributed by atoms with Crippen LogP contribution >= 0.6 is 11.6 Å². The van der Waals surface area contributed by atoms with Crippen LogP contribution in [0.1, 0.15) is 25.7 Å². The van der Waals surface area contributed by atoms with Crippen molar-refractivity contribution in [2.24, 2.45) is 5.92 Å². The average Bonchev–Trinajstić information content (AvgIpc) is 2.57. The number of hydrogen-bond donors (Lipinski definition) is 1. The van der Waals surface area contributed by atoms with Gasteiger partial charge in [0, 0.05) is 11.1 Å². The largest absolute Gasteiger partial charge is 0.482 e. The molecule has 1 aromatic carbocycles. The number of ether oxygens (including phenoxy) is 1. The molecule has 0 radical (unpaired) electrons. The van der Waals surface area contributed by atoms with Crippen LogP contribution < -0.4 is 15.0 Å². The Morgan fingerprint density at radius 3 is 2.77 bits per heavy atom. The number of anilines is 1. The fraction of sp³-hybridized carbons (Fsp3) is 0.529. The molecule has 1 aromatic rings. The monoisotopic (exact) mass is 390 g/mol. The number of fused-ring (bicyclic) bond motifs is 1. The Balaban J connectivity index is 1.72. The van der Waals surface area contributed by atoms with Crippen molar-refractivity contribution in [2.45, 2.75) is 37.9 Å². The van der Waals surface area contributed by atoms with Crippen LogP contribution in [0.5, 0.6) is 5.75 Å². The molecule has 0 saturated heterocycles. The number of hydrogen-bond acceptors (Lipinski definition) is 3. The molecule has 2 aliphatic rings. The average molecular weight is 391 g/mol. The molecule has 1 aliphatic heterocycles. The minimum Gasteiger partial charge on any atom is -0.482 e. The Morgan fingerprint density at radius 2 is 2.04 bits per heavy atom. The Bertz CT molecular complexity index is 711. The van der Waals surface area contributed by atoms with Gasteiger partial charge in [0.2, 0.25) is 5.91 Å². The molecule has 2 unspecified atom stereocenters. The zero-order valence-corrected chi connectivity index (χ0v) is 14.6. The van der Waals surface area contributed by atoms with Gasteiger partial charge in [-0.1, -0.05) is 24.4 Å². The highest BCUT2D eigenvalue weighted by molar-refractivity contribution is 6.31. The summed E-state index contributed by atoms with van der Waals surface area (Å²) in [6.45, 7) is -0.618. The zero-order valence-electron chi connectivity index (χ0n) is 13.8. The molecule has 1 heterocycles. The van der Waals surface area contributed by atoms with Crippen molar-refractivity contribution in [3.63, 3.8) is 0 Å². The molecule has 26 heavy (non-hydrogen) atoms. The topological polar surface area (TPSA) is 58.6 Å². The third-order valence-electron chi connectivity index (χ3n) is 4.70. The van der Waals surface area contributed by atoms with E-state index in [1.165, 1.54) is 11.0 Å². The maximum absolute atomic E-state index is 13.2. The lowest BCUT2D eigenvalue weighted by atomic mass is 9.84. The third kappa shape index (κ3) is 4.06. The van der Waals surface area contributed by atoms with Gasteiger partial charge in [0.1, 0.15) is 12.3 Å². The fourth-order valence-electron chi connectivity index (χ4n) is 3.44. The normalized spacial score (nSPS) is 23.2. The molecule has 3 rings (SSSR count). The maximum atomic E-state index is 13.2. The van der Waals surface area contributed by atoms with Crippen LogP contribution in [-0.4, -0.2) is 37.2 Å². The molecule has 0 aromatic heterocycles. The quantitative estimate of drug-likeness (QED) is 0.861. The molecule has 1 saturated carbocycles. The van der Waals surface area contributed by atoms with Gasteiger partial charge in [0.05, 0.1) is 11.6 Å². The molecule has 9 heteroatoms. The zero-order chi connectivity index (χ0) is 18.9. The number of benzene rings is 1. The number of nitrogens with zero attached hydrogens (tertiary/aromatic N) is 1. The van der Waals surface area contributed by atoms with Crippen LogP contribution in [0.25, 0.3) is 0 Å².